The Balaban J connectivity index is 1.61. The van der Waals surface area contributed by atoms with Crippen LogP contribution in [0.4, 0.5) is 13.2 Å². The largest absolute Gasteiger partial charge is 0.206 e. The molecule has 0 bridgehead atoms. The molecule has 144 valence electrons. The van der Waals surface area contributed by atoms with E-state index in [1.165, 1.54) is 17.7 Å². The van der Waals surface area contributed by atoms with E-state index in [1.54, 1.807) is 12.1 Å². The Morgan fingerprint density at radius 3 is 1.52 bits per heavy atom. The molecule has 4 aromatic carbocycles. The molecule has 0 amide bonds. The average Bonchev–Trinajstić information content (AvgIpc) is 2.76. The number of halogens is 3. The van der Waals surface area contributed by atoms with Crippen molar-refractivity contribution in [2.45, 2.75) is 13.3 Å². The van der Waals surface area contributed by atoms with Crippen LogP contribution in [0.1, 0.15) is 12.5 Å². The van der Waals surface area contributed by atoms with Gasteiger partial charge >= 0.3 is 0 Å². The van der Waals surface area contributed by atoms with E-state index in [9.17, 15) is 13.2 Å². The Kier molecular flexibility index (Phi) is 5.22. The topological polar surface area (TPSA) is 0 Å². The van der Waals surface area contributed by atoms with Gasteiger partial charge in [-0.05, 0) is 58.0 Å². The Morgan fingerprint density at radius 1 is 0.483 bits per heavy atom. The third kappa shape index (κ3) is 3.95. The molecule has 3 heteroatoms. The van der Waals surface area contributed by atoms with Gasteiger partial charge in [0.2, 0.25) is 0 Å². The SMILES string of the molecule is CCc1ccc(-c2ccc(-c3ccc(-c4ccc(F)c(F)c4)c(F)c3)cc2)cc1. The first-order valence-corrected chi connectivity index (χ1v) is 9.50. The maximum absolute atomic E-state index is 14.7. The predicted molar refractivity (Wildman–Crippen MR) is 112 cm³/mol. The maximum Gasteiger partial charge on any atom is 0.159 e. The summed E-state index contributed by atoms with van der Waals surface area (Å²) < 4.78 is 41.2. The molecule has 4 rings (SSSR count). The van der Waals surface area contributed by atoms with E-state index in [-0.39, 0.29) is 5.56 Å². The van der Waals surface area contributed by atoms with Crippen LogP contribution in [0.2, 0.25) is 0 Å². The summed E-state index contributed by atoms with van der Waals surface area (Å²) in [6, 6.07) is 24.5. The van der Waals surface area contributed by atoms with Crippen molar-refractivity contribution in [1.29, 1.82) is 0 Å². The van der Waals surface area contributed by atoms with Gasteiger partial charge in [0, 0.05) is 5.56 Å². The van der Waals surface area contributed by atoms with Crippen molar-refractivity contribution in [3.8, 4) is 33.4 Å². The smallest absolute Gasteiger partial charge is 0.159 e. The van der Waals surface area contributed by atoms with Gasteiger partial charge in [0.1, 0.15) is 5.82 Å². The van der Waals surface area contributed by atoms with E-state index in [0.717, 1.165) is 40.8 Å². The summed E-state index contributed by atoms with van der Waals surface area (Å²) in [6.45, 7) is 2.13. The first kappa shape index (κ1) is 19.0. The standard InChI is InChI=1S/C26H19F3/c1-2-17-3-5-18(6-4-17)19-7-9-20(10-8-19)21-11-13-23(25(28)15-21)22-12-14-24(27)26(29)16-22/h3-16H,2H2,1H3. The molecule has 0 unspecified atom stereocenters. The minimum Gasteiger partial charge on any atom is -0.206 e. The highest BCUT2D eigenvalue weighted by Gasteiger charge is 2.10. The molecule has 0 aliphatic rings. The summed E-state index contributed by atoms with van der Waals surface area (Å²) in [7, 11) is 0. The van der Waals surface area contributed by atoms with Crippen molar-refractivity contribution in [3.05, 3.63) is 108 Å². The van der Waals surface area contributed by atoms with E-state index in [2.05, 4.69) is 31.2 Å². The van der Waals surface area contributed by atoms with Gasteiger partial charge in [0.15, 0.2) is 11.6 Å². The highest BCUT2D eigenvalue weighted by molar-refractivity contribution is 5.73. The Bertz CT molecular complexity index is 1140. The van der Waals surface area contributed by atoms with E-state index in [1.807, 2.05) is 24.3 Å². The molecule has 4 aromatic rings. The quantitative estimate of drug-likeness (QED) is 0.336. The lowest BCUT2D eigenvalue weighted by molar-refractivity contribution is 0.509. The van der Waals surface area contributed by atoms with Crippen LogP contribution >= 0.6 is 0 Å². The first-order valence-electron chi connectivity index (χ1n) is 9.50. The number of hydrogen-bond acceptors (Lipinski definition) is 0. The predicted octanol–water partition coefficient (Wildman–Crippen LogP) is 7.67. The average molecular weight is 388 g/mol. The molecule has 0 heterocycles. The van der Waals surface area contributed by atoms with Crippen LogP contribution in [-0.4, -0.2) is 0 Å². The summed E-state index contributed by atoms with van der Waals surface area (Å²) in [6.07, 6.45) is 1.01. The van der Waals surface area contributed by atoms with Crippen molar-refractivity contribution in [2.75, 3.05) is 0 Å². The van der Waals surface area contributed by atoms with Crippen molar-refractivity contribution in [2.24, 2.45) is 0 Å². The van der Waals surface area contributed by atoms with E-state index < -0.39 is 17.5 Å². The third-order valence-electron chi connectivity index (χ3n) is 5.11. The lowest BCUT2D eigenvalue weighted by Gasteiger charge is -2.09. The first-order chi connectivity index (χ1) is 14.0. The van der Waals surface area contributed by atoms with Crippen LogP contribution < -0.4 is 0 Å². The second-order valence-corrected chi connectivity index (χ2v) is 6.95. The molecule has 0 saturated carbocycles. The molecule has 0 radical (unpaired) electrons. The fourth-order valence-corrected chi connectivity index (χ4v) is 3.38. The molecule has 29 heavy (non-hydrogen) atoms. The zero-order valence-electron chi connectivity index (χ0n) is 15.9. The van der Waals surface area contributed by atoms with Gasteiger partial charge in [0.05, 0.1) is 0 Å². The van der Waals surface area contributed by atoms with Gasteiger partial charge in [0.25, 0.3) is 0 Å². The monoisotopic (exact) mass is 388 g/mol. The van der Waals surface area contributed by atoms with Crippen LogP contribution in [0.15, 0.2) is 84.9 Å². The highest BCUT2D eigenvalue weighted by atomic mass is 19.2. The molecule has 0 atom stereocenters. The molecule has 0 nitrogen and oxygen atoms in total. The lowest BCUT2D eigenvalue weighted by Crippen LogP contribution is -1.90. The second kappa shape index (κ2) is 7.96. The van der Waals surface area contributed by atoms with Crippen molar-refractivity contribution >= 4 is 0 Å². The van der Waals surface area contributed by atoms with Crippen molar-refractivity contribution < 1.29 is 13.2 Å². The zero-order chi connectivity index (χ0) is 20.4. The minimum absolute atomic E-state index is 0.236. The molecule has 0 fully saturated rings. The summed E-state index contributed by atoms with van der Waals surface area (Å²) in [5.41, 5.74) is 5.67. The van der Waals surface area contributed by atoms with Crippen molar-refractivity contribution in [3.63, 3.8) is 0 Å². The molecule has 0 aromatic heterocycles. The number of aryl methyl sites for hydroxylation is 1. The third-order valence-corrected chi connectivity index (χ3v) is 5.11. The zero-order valence-corrected chi connectivity index (χ0v) is 15.9. The number of benzene rings is 4. The summed E-state index contributed by atoms with van der Waals surface area (Å²) in [5, 5.41) is 0. The van der Waals surface area contributed by atoms with Gasteiger partial charge < -0.3 is 0 Å². The number of hydrogen-bond donors (Lipinski definition) is 0. The summed E-state index contributed by atoms with van der Waals surface area (Å²) in [4.78, 5) is 0. The van der Waals surface area contributed by atoms with Gasteiger partial charge in [-0.2, -0.15) is 0 Å². The molecule has 0 spiro atoms. The molecule has 0 aliphatic carbocycles. The molecule has 0 N–H and O–H groups in total. The van der Waals surface area contributed by atoms with Crippen LogP contribution in [0.5, 0.6) is 0 Å². The fourth-order valence-electron chi connectivity index (χ4n) is 3.38. The summed E-state index contributed by atoms with van der Waals surface area (Å²) >= 11 is 0. The van der Waals surface area contributed by atoms with Crippen LogP contribution in [0.3, 0.4) is 0 Å². The fraction of sp³-hybridized carbons (Fsp3) is 0.0769. The molecular formula is C26H19F3. The molecular weight excluding hydrogens is 369 g/mol. The van der Waals surface area contributed by atoms with E-state index in [4.69, 9.17) is 0 Å². The van der Waals surface area contributed by atoms with Crippen molar-refractivity contribution in [1.82, 2.24) is 0 Å². The van der Waals surface area contributed by atoms with E-state index in [0.29, 0.717) is 5.56 Å². The van der Waals surface area contributed by atoms with Gasteiger partial charge in [-0.3, -0.25) is 0 Å². The summed E-state index contributed by atoms with van der Waals surface area (Å²) in [5.74, 6) is -2.42. The van der Waals surface area contributed by atoms with Crippen LogP contribution in [-0.2, 0) is 6.42 Å². The van der Waals surface area contributed by atoms with Crippen LogP contribution in [0, 0.1) is 17.5 Å². The van der Waals surface area contributed by atoms with Gasteiger partial charge in [-0.1, -0.05) is 73.7 Å². The van der Waals surface area contributed by atoms with E-state index >= 15 is 0 Å². The second-order valence-electron chi connectivity index (χ2n) is 6.95. The normalized spacial score (nSPS) is 10.9. The Morgan fingerprint density at radius 2 is 0.966 bits per heavy atom. The minimum atomic E-state index is -0.992. The van der Waals surface area contributed by atoms with Gasteiger partial charge in [-0.15, -0.1) is 0 Å². The lowest BCUT2D eigenvalue weighted by atomic mass is 9.97. The van der Waals surface area contributed by atoms with Gasteiger partial charge in [-0.25, -0.2) is 13.2 Å². The Labute approximate surface area is 168 Å². The molecule has 0 aliphatic heterocycles. The molecule has 0 saturated heterocycles. The number of rotatable bonds is 4. The maximum atomic E-state index is 14.7. The van der Waals surface area contributed by atoms with Crippen LogP contribution in [0.25, 0.3) is 33.4 Å². The Hall–Kier alpha value is -3.33. The highest BCUT2D eigenvalue weighted by Crippen LogP contribution is 2.30.